The third-order valence-corrected chi connectivity index (χ3v) is 6.66. The van der Waals surface area contributed by atoms with Gasteiger partial charge in [0.1, 0.15) is 0 Å². The highest BCUT2D eigenvalue weighted by molar-refractivity contribution is 7.89. The van der Waals surface area contributed by atoms with Crippen LogP contribution in [0.1, 0.15) is 11.1 Å². The van der Waals surface area contributed by atoms with Crippen LogP contribution in [0.25, 0.3) is 0 Å². The number of sulfonamides is 1. The molecule has 3 aromatic rings. The van der Waals surface area contributed by atoms with Crippen LogP contribution in [-0.4, -0.2) is 50.2 Å². The number of rotatable bonds is 10. The molecule has 0 aromatic heterocycles. The lowest BCUT2D eigenvalue weighted by Gasteiger charge is -2.21. The Labute approximate surface area is 193 Å². The monoisotopic (exact) mass is 467 g/mol. The van der Waals surface area contributed by atoms with Gasteiger partial charge in [-0.3, -0.25) is 4.79 Å². The first-order valence-corrected chi connectivity index (χ1v) is 11.6. The molecule has 2 N–H and O–H groups in total. The van der Waals surface area contributed by atoms with E-state index in [0.717, 1.165) is 9.87 Å². The number of carbonyl (C=O) groups is 1. The summed E-state index contributed by atoms with van der Waals surface area (Å²) in [6, 6.07) is 22.1. The zero-order chi connectivity index (χ0) is 23.7. The van der Waals surface area contributed by atoms with Gasteiger partial charge in [0.15, 0.2) is 11.5 Å². The van der Waals surface area contributed by atoms with Crippen LogP contribution in [0.15, 0.2) is 88.9 Å². The van der Waals surface area contributed by atoms with Crippen molar-refractivity contribution in [3.05, 3.63) is 90.0 Å². The van der Waals surface area contributed by atoms with E-state index in [-0.39, 0.29) is 29.5 Å². The maximum Gasteiger partial charge on any atom is 0.255 e. The average molecular weight is 468 g/mol. The van der Waals surface area contributed by atoms with E-state index >= 15 is 0 Å². The molecule has 0 saturated heterocycles. The molecule has 8 nitrogen and oxygen atoms in total. The standard InChI is InChI=1S/C24H25N3O5S/c1-32-23-16-20(12-13-22(23)28)17-25-26-24(29)18-27(15-14-19-8-4-2-5-9-19)33(30,31)21-10-6-3-7-11-21/h2-13,16-17,28H,14-15,18H2,1H3,(H,26,29)/b25-17-. The van der Waals surface area contributed by atoms with Gasteiger partial charge in [-0.1, -0.05) is 48.5 Å². The maximum absolute atomic E-state index is 13.2. The van der Waals surface area contributed by atoms with Crippen LogP contribution < -0.4 is 10.2 Å². The zero-order valence-electron chi connectivity index (χ0n) is 18.1. The summed E-state index contributed by atoms with van der Waals surface area (Å²) in [7, 11) is -2.46. The Morgan fingerprint density at radius 1 is 1.06 bits per heavy atom. The van der Waals surface area contributed by atoms with Crippen LogP contribution >= 0.6 is 0 Å². The van der Waals surface area contributed by atoms with Gasteiger partial charge in [0.05, 0.1) is 24.8 Å². The summed E-state index contributed by atoms with van der Waals surface area (Å²) in [5, 5.41) is 13.5. The third kappa shape index (κ3) is 6.64. The van der Waals surface area contributed by atoms with Gasteiger partial charge < -0.3 is 9.84 Å². The molecule has 0 aliphatic heterocycles. The molecule has 172 valence electrons. The van der Waals surface area contributed by atoms with E-state index in [1.54, 1.807) is 30.3 Å². The summed E-state index contributed by atoms with van der Waals surface area (Å²) >= 11 is 0. The van der Waals surface area contributed by atoms with Gasteiger partial charge in [0.25, 0.3) is 5.91 Å². The molecule has 0 unspecified atom stereocenters. The molecule has 1 amide bonds. The lowest BCUT2D eigenvalue weighted by atomic mass is 10.1. The number of phenolic OH excluding ortho intramolecular Hbond substituents is 1. The van der Waals surface area contributed by atoms with E-state index in [4.69, 9.17) is 4.74 Å². The van der Waals surface area contributed by atoms with Crippen LogP contribution in [-0.2, 0) is 21.2 Å². The van der Waals surface area contributed by atoms with Gasteiger partial charge in [-0.2, -0.15) is 9.41 Å². The van der Waals surface area contributed by atoms with Crippen LogP contribution in [0.3, 0.4) is 0 Å². The fraction of sp³-hybridized carbons (Fsp3) is 0.167. The first-order chi connectivity index (χ1) is 15.9. The predicted octanol–water partition coefficient (Wildman–Crippen LogP) is 2.78. The Morgan fingerprint density at radius 2 is 1.73 bits per heavy atom. The molecule has 0 atom stereocenters. The first kappa shape index (κ1) is 24.0. The molecule has 0 aliphatic rings. The number of nitrogens with one attached hydrogen (secondary N) is 1. The lowest BCUT2D eigenvalue weighted by molar-refractivity contribution is -0.121. The smallest absolute Gasteiger partial charge is 0.255 e. The van der Waals surface area contributed by atoms with E-state index in [1.165, 1.54) is 31.5 Å². The summed E-state index contributed by atoms with van der Waals surface area (Å²) in [6.45, 7) is -0.256. The van der Waals surface area contributed by atoms with Crippen LogP contribution in [0.2, 0.25) is 0 Å². The Balaban J connectivity index is 1.71. The fourth-order valence-corrected chi connectivity index (χ4v) is 4.49. The minimum atomic E-state index is -3.88. The summed E-state index contributed by atoms with van der Waals surface area (Å²) in [5.41, 5.74) is 3.91. The molecule has 3 rings (SSSR count). The SMILES string of the molecule is COc1cc(/C=N\NC(=O)CN(CCc2ccccc2)S(=O)(=O)c2ccccc2)ccc1O. The normalized spacial score (nSPS) is 11.6. The van der Waals surface area contributed by atoms with Crippen molar-refractivity contribution in [1.82, 2.24) is 9.73 Å². The number of ether oxygens (including phenoxy) is 1. The van der Waals surface area contributed by atoms with Crippen molar-refractivity contribution in [3.8, 4) is 11.5 Å². The maximum atomic E-state index is 13.2. The summed E-state index contributed by atoms with van der Waals surface area (Å²) in [6.07, 6.45) is 1.83. The zero-order valence-corrected chi connectivity index (χ0v) is 18.9. The van der Waals surface area contributed by atoms with Crippen molar-refractivity contribution in [2.24, 2.45) is 5.10 Å². The number of hydrazone groups is 1. The topological polar surface area (TPSA) is 108 Å². The minimum Gasteiger partial charge on any atom is -0.504 e. The number of hydrogen-bond donors (Lipinski definition) is 2. The molecule has 3 aromatic carbocycles. The van der Waals surface area contributed by atoms with Crippen LogP contribution in [0.5, 0.6) is 11.5 Å². The molecule has 0 bridgehead atoms. The second-order valence-electron chi connectivity index (χ2n) is 7.11. The van der Waals surface area contributed by atoms with Crippen LogP contribution in [0, 0.1) is 0 Å². The predicted molar refractivity (Wildman–Crippen MR) is 126 cm³/mol. The molecular weight excluding hydrogens is 442 g/mol. The van der Waals surface area contributed by atoms with Crippen LogP contribution in [0.4, 0.5) is 0 Å². The third-order valence-electron chi connectivity index (χ3n) is 4.80. The molecule has 0 heterocycles. The second kappa shape index (κ2) is 11.3. The van der Waals surface area contributed by atoms with E-state index in [0.29, 0.717) is 12.0 Å². The molecule has 0 radical (unpaired) electrons. The number of nitrogens with zero attached hydrogens (tertiary/aromatic N) is 2. The Morgan fingerprint density at radius 3 is 2.39 bits per heavy atom. The fourth-order valence-electron chi connectivity index (χ4n) is 3.07. The minimum absolute atomic E-state index is 0.0149. The first-order valence-electron chi connectivity index (χ1n) is 10.2. The molecular formula is C24H25N3O5S. The Hall–Kier alpha value is -3.69. The number of methoxy groups -OCH3 is 1. The summed E-state index contributed by atoms with van der Waals surface area (Å²) < 4.78 is 32.5. The quantitative estimate of drug-likeness (QED) is 0.352. The Bertz CT molecular complexity index is 1200. The van der Waals surface area contributed by atoms with Crippen molar-refractivity contribution in [2.75, 3.05) is 20.2 Å². The van der Waals surface area contributed by atoms with Gasteiger partial charge in [0.2, 0.25) is 10.0 Å². The summed E-state index contributed by atoms with van der Waals surface area (Å²) in [5.74, 6) is -0.324. The lowest BCUT2D eigenvalue weighted by Crippen LogP contribution is -2.40. The van der Waals surface area contributed by atoms with Gasteiger partial charge in [-0.15, -0.1) is 0 Å². The van der Waals surface area contributed by atoms with Crippen molar-refractivity contribution in [1.29, 1.82) is 0 Å². The summed E-state index contributed by atoms with van der Waals surface area (Å²) in [4.78, 5) is 12.6. The van der Waals surface area contributed by atoms with E-state index in [2.05, 4.69) is 10.5 Å². The van der Waals surface area contributed by atoms with E-state index < -0.39 is 15.9 Å². The van der Waals surface area contributed by atoms with E-state index in [1.807, 2.05) is 30.3 Å². The van der Waals surface area contributed by atoms with Gasteiger partial charge in [-0.25, -0.2) is 13.8 Å². The van der Waals surface area contributed by atoms with Crippen molar-refractivity contribution < 1.29 is 23.1 Å². The number of benzene rings is 3. The molecule has 0 spiro atoms. The van der Waals surface area contributed by atoms with E-state index in [9.17, 15) is 18.3 Å². The van der Waals surface area contributed by atoms with Gasteiger partial charge in [0, 0.05) is 6.54 Å². The van der Waals surface area contributed by atoms with Crippen molar-refractivity contribution >= 4 is 22.1 Å². The second-order valence-corrected chi connectivity index (χ2v) is 9.05. The highest BCUT2D eigenvalue weighted by atomic mass is 32.2. The van der Waals surface area contributed by atoms with Crippen molar-refractivity contribution in [3.63, 3.8) is 0 Å². The number of hydrogen-bond acceptors (Lipinski definition) is 6. The number of carbonyl (C=O) groups excluding carboxylic acids is 1. The molecule has 0 fully saturated rings. The molecule has 33 heavy (non-hydrogen) atoms. The Kier molecular flexibility index (Phi) is 8.17. The molecule has 0 saturated carbocycles. The molecule has 9 heteroatoms. The largest absolute Gasteiger partial charge is 0.504 e. The average Bonchev–Trinajstić information content (AvgIpc) is 2.84. The molecule has 0 aliphatic carbocycles. The van der Waals surface area contributed by atoms with Crippen molar-refractivity contribution in [2.45, 2.75) is 11.3 Å². The highest BCUT2D eigenvalue weighted by Crippen LogP contribution is 2.25. The van der Waals surface area contributed by atoms with Gasteiger partial charge >= 0.3 is 0 Å². The number of aromatic hydroxyl groups is 1. The number of phenols is 1. The van der Waals surface area contributed by atoms with Gasteiger partial charge in [-0.05, 0) is 47.9 Å². The highest BCUT2D eigenvalue weighted by Gasteiger charge is 2.26. The number of amides is 1.